The minimum Gasteiger partial charge on any atom is -0.335 e. The highest BCUT2D eigenvalue weighted by molar-refractivity contribution is 7.89. The molecule has 4 aromatic rings. The van der Waals surface area contributed by atoms with E-state index in [9.17, 15) is 17.6 Å². The maximum Gasteiger partial charge on any atom is 0.264 e. The Kier molecular flexibility index (Phi) is 5.51. The lowest BCUT2D eigenvalue weighted by molar-refractivity contribution is 0.0703. The zero-order valence-corrected chi connectivity index (χ0v) is 19.4. The summed E-state index contributed by atoms with van der Waals surface area (Å²) in [5, 5.41) is 5.41. The number of carbonyl (C=O) groups is 1. The molecule has 0 spiro atoms. The molecule has 0 saturated carbocycles. The molecule has 1 amide bonds. The van der Waals surface area contributed by atoms with Gasteiger partial charge in [-0.25, -0.2) is 17.5 Å². The number of hydrogen-bond acceptors (Lipinski definition) is 5. The lowest BCUT2D eigenvalue weighted by Gasteiger charge is -2.33. The molecule has 1 fully saturated rings. The molecule has 1 saturated heterocycles. The van der Waals surface area contributed by atoms with Gasteiger partial charge < -0.3 is 4.90 Å². The number of carbonyl (C=O) groups excluding carboxylic acids is 1. The third-order valence-electron chi connectivity index (χ3n) is 5.73. The fraction of sp³-hybridized carbons (Fsp3) is 0.217. The van der Waals surface area contributed by atoms with Crippen LogP contribution in [-0.2, 0) is 10.0 Å². The van der Waals surface area contributed by atoms with Crippen molar-refractivity contribution >= 4 is 37.5 Å². The summed E-state index contributed by atoms with van der Waals surface area (Å²) in [6, 6.07) is 16.2. The van der Waals surface area contributed by atoms with Crippen LogP contribution in [0.25, 0.3) is 15.9 Å². The molecule has 2 aromatic heterocycles. The van der Waals surface area contributed by atoms with Gasteiger partial charge in [0.05, 0.1) is 21.2 Å². The number of aromatic nitrogens is 2. The van der Waals surface area contributed by atoms with E-state index in [1.807, 2.05) is 13.0 Å². The molecule has 0 bridgehead atoms. The number of nitrogens with zero attached hydrogens (tertiary/aromatic N) is 4. The summed E-state index contributed by atoms with van der Waals surface area (Å²) in [6.07, 6.45) is 0. The summed E-state index contributed by atoms with van der Waals surface area (Å²) >= 11 is 1.33. The molecule has 0 radical (unpaired) electrons. The summed E-state index contributed by atoms with van der Waals surface area (Å²) in [6.45, 7) is 3.01. The smallest absolute Gasteiger partial charge is 0.264 e. The molecule has 10 heteroatoms. The molecule has 5 rings (SSSR count). The highest BCUT2D eigenvalue weighted by Gasteiger charge is 2.31. The van der Waals surface area contributed by atoms with Gasteiger partial charge >= 0.3 is 0 Å². The number of fused-ring (bicyclic) bond motifs is 1. The summed E-state index contributed by atoms with van der Waals surface area (Å²) in [5.41, 5.74) is 1.50. The fourth-order valence-corrected chi connectivity index (χ4v) is 6.53. The molecule has 1 aliphatic heterocycles. The number of sulfonamides is 1. The van der Waals surface area contributed by atoms with Crippen molar-refractivity contribution in [2.45, 2.75) is 11.8 Å². The van der Waals surface area contributed by atoms with Crippen molar-refractivity contribution in [2.24, 2.45) is 0 Å². The van der Waals surface area contributed by atoms with E-state index in [4.69, 9.17) is 0 Å². The Hall–Kier alpha value is -3.08. The monoisotopic (exact) mass is 484 g/mol. The number of piperazine rings is 1. The molecular formula is C23H21FN4O3S2. The van der Waals surface area contributed by atoms with Crippen LogP contribution in [0.5, 0.6) is 0 Å². The molecular weight excluding hydrogens is 463 g/mol. The van der Waals surface area contributed by atoms with Crippen LogP contribution < -0.4 is 0 Å². The number of benzene rings is 2. The first-order valence-electron chi connectivity index (χ1n) is 10.4. The Labute approximate surface area is 194 Å². The third kappa shape index (κ3) is 3.94. The van der Waals surface area contributed by atoms with Gasteiger partial charge in [0.25, 0.3) is 5.91 Å². The fourth-order valence-electron chi connectivity index (χ4n) is 3.94. The maximum absolute atomic E-state index is 13.3. The van der Waals surface area contributed by atoms with Gasteiger partial charge in [0.2, 0.25) is 10.0 Å². The molecule has 170 valence electrons. The molecule has 7 nitrogen and oxygen atoms in total. The Morgan fingerprint density at radius 2 is 1.67 bits per heavy atom. The zero-order valence-electron chi connectivity index (χ0n) is 17.8. The minimum atomic E-state index is -3.57. The van der Waals surface area contributed by atoms with Crippen LogP contribution in [0.1, 0.15) is 15.4 Å². The Balaban J connectivity index is 1.35. The number of hydrogen-bond donors (Lipinski definition) is 0. The van der Waals surface area contributed by atoms with E-state index in [0.717, 1.165) is 21.6 Å². The van der Waals surface area contributed by atoms with E-state index < -0.39 is 10.0 Å². The lowest BCUT2D eigenvalue weighted by atomic mass is 10.2. The number of aryl methyl sites for hydroxylation is 1. The third-order valence-corrected chi connectivity index (χ3v) is 8.74. The summed E-state index contributed by atoms with van der Waals surface area (Å²) in [5.74, 6) is -0.452. The summed E-state index contributed by atoms with van der Waals surface area (Å²) < 4.78 is 42.1. The van der Waals surface area contributed by atoms with Crippen LogP contribution in [-0.4, -0.2) is 59.5 Å². The van der Waals surface area contributed by atoms with Gasteiger partial charge in [-0.15, -0.1) is 11.3 Å². The van der Waals surface area contributed by atoms with Crippen molar-refractivity contribution < 1.29 is 17.6 Å². The number of thiophene rings is 1. The highest BCUT2D eigenvalue weighted by atomic mass is 32.2. The molecule has 0 aliphatic carbocycles. The first kappa shape index (κ1) is 21.7. The van der Waals surface area contributed by atoms with Crippen molar-refractivity contribution in [3.05, 3.63) is 77.1 Å². The Morgan fingerprint density at radius 1 is 1.00 bits per heavy atom. The van der Waals surface area contributed by atoms with Crippen molar-refractivity contribution in [3.63, 3.8) is 0 Å². The Morgan fingerprint density at radius 3 is 2.33 bits per heavy atom. The molecule has 0 atom stereocenters. The first-order valence-corrected chi connectivity index (χ1v) is 12.7. The van der Waals surface area contributed by atoms with Crippen molar-refractivity contribution in [1.29, 1.82) is 0 Å². The number of halogens is 1. The molecule has 0 N–H and O–H groups in total. The molecule has 1 aliphatic rings. The SMILES string of the molecule is Cc1nn(-c2ccc(F)cc2)c2sc(C(=O)N3CCN(S(=O)(=O)c4ccccc4)CC3)cc12. The minimum absolute atomic E-state index is 0.127. The van der Waals surface area contributed by atoms with Gasteiger partial charge in [0.1, 0.15) is 10.6 Å². The average molecular weight is 485 g/mol. The van der Waals surface area contributed by atoms with Gasteiger partial charge in [0.15, 0.2) is 0 Å². The van der Waals surface area contributed by atoms with Gasteiger partial charge in [-0.3, -0.25) is 4.79 Å². The molecule has 2 aromatic carbocycles. The topological polar surface area (TPSA) is 75.5 Å². The van der Waals surface area contributed by atoms with Crippen molar-refractivity contribution in [3.8, 4) is 5.69 Å². The lowest BCUT2D eigenvalue weighted by Crippen LogP contribution is -2.50. The second kappa shape index (κ2) is 8.36. The number of amides is 1. The second-order valence-electron chi connectivity index (χ2n) is 7.81. The molecule has 3 heterocycles. The van der Waals surface area contributed by atoms with Gasteiger partial charge in [-0.05, 0) is 49.4 Å². The van der Waals surface area contributed by atoms with E-state index in [1.54, 1.807) is 52.0 Å². The largest absolute Gasteiger partial charge is 0.335 e. The normalized spacial score (nSPS) is 15.3. The predicted molar refractivity (Wildman–Crippen MR) is 125 cm³/mol. The average Bonchev–Trinajstić information content (AvgIpc) is 3.40. The van der Waals surface area contributed by atoms with Gasteiger partial charge in [0, 0.05) is 31.6 Å². The molecule has 0 unspecified atom stereocenters. The predicted octanol–water partition coefficient (Wildman–Crippen LogP) is 3.68. The quantitative estimate of drug-likeness (QED) is 0.443. The van der Waals surface area contributed by atoms with Gasteiger partial charge in [-0.1, -0.05) is 18.2 Å². The summed E-state index contributed by atoms with van der Waals surface area (Å²) in [7, 11) is -3.57. The van der Waals surface area contributed by atoms with E-state index in [-0.39, 0.29) is 29.7 Å². The second-order valence-corrected chi connectivity index (χ2v) is 10.8. The van der Waals surface area contributed by atoms with Gasteiger partial charge in [-0.2, -0.15) is 9.40 Å². The van der Waals surface area contributed by atoms with Crippen LogP contribution in [0.4, 0.5) is 4.39 Å². The highest BCUT2D eigenvalue weighted by Crippen LogP contribution is 2.31. The van der Waals surface area contributed by atoms with Crippen LogP contribution in [0.2, 0.25) is 0 Å². The first-order chi connectivity index (χ1) is 15.8. The van der Waals surface area contributed by atoms with E-state index in [2.05, 4.69) is 5.10 Å². The molecule has 33 heavy (non-hydrogen) atoms. The van der Waals surface area contributed by atoms with E-state index >= 15 is 0 Å². The van der Waals surface area contributed by atoms with E-state index in [1.165, 1.54) is 27.8 Å². The zero-order chi connectivity index (χ0) is 23.2. The van der Waals surface area contributed by atoms with Crippen molar-refractivity contribution in [1.82, 2.24) is 19.0 Å². The van der Waals surface area contributed by atoms with E-state index in [0.29, 0.717) is 18.0 Å². The summed E-state index contributed by atoms with van der Waals surface area (Å²) in [4.78, 5) is 16.5. The van der Waals surface area contributed by atoms with Crippen LogP contribution in [0.3, 0.4) is 0 Å². The van der Waals surface area contributed by atoms with Crippen molar-refractivity contribution in [2.75, 3.05) is 26.2 Å². The standard InChI is InChI=1S/C23H21FN4O3S2/c1-16-20-15-21(32-23(20)28(25-16)18-9-7-17(24)8-10-18)22(29)26-11-13-27(14-12-26)33(30,31)19-5-3-2-4-6-19/h2-10,15H,11-14H2,1H3. The van der Waals surface area contributed by atoms with Crippen LogP contribution in [0, 0.1) is 12.7 Å². The van der Waals surface area contributed by atoms with Crippen LogP contribution >= 0.6 is 11.3 Å². The number of rotatable bonds is 4. The van der Waals surface area contributed by atoms with Crippen LogP contribution in [0.15, 0.2) is 65.6 Å². The maximum atomic E-state index is 13.3. The Bertz CT molecular complexity index is 1420.